The molecule has 1 saturated carbocycles. The van der Waals surface area contributed by atoms with Crippen LogP contribution in [-0.4, -0.2) is 19.3 Å². The fourth-order valence-corrected chi connectivity index (χ4v) is 5.27. The van der Waals surface area contributed by atoms with Gasteiger partial charge in [0.1, 0.15) is 0 Å². The molecule has 1 rings (SSSR count). The average molecular weight is 228 g/mol. The van der Waals surface area contributed by atoms with Gasteiger partial charge in [0.15, 0.2) is 0 Å². The van der Waals surface area contributed by atoms with Gasteiger partial charge in [0.25, 0.3) is 0 Å². The fraction of sp³-hybridized carbons (Fsp3) is 1.00. The first-order valence-corrected chi connectivity index (χ1v) is 9.88. The molecule has 2 heteroatoms. The van der Waals surface area contributed by atoms with Crippen LogP contribution >= 0.6 is 0 Å². The highest BCUT2D eigenvalue weighted by atomic mass is 28.3. The van der Waals surface area contributed by atoms with Gasteiger partial charge in [-0.15, -0.1) is 0 Å². The molecule has 0 amide bonds. The Kier molecular flexibility index (Phi) is 3.72. The van der Waals surface area contributed by atoms with Crippen molar-refractivity contribution in [2.24, 2.45) is 11.3 Å². The second kappa shape index (κ2) is 4.21. The lowest BCUT2D eigenvalue weighted by molar-refractivity contribution is 0.0568. The summed E-state index contributed by atoms with van der Waals surface area (Å²) in [5.74, 6) is 0.708. The van der Waals surface area contributed by atoms with Crippen LogP contribution in [0.3, 0.4) is 0 Å². The standard InChI is InChI=1S/C13H28OSi/c1-13(2,3)10-7-8-12(11(14)9-10)15(4,5)6/h10-12,14H,7-9H2,1-6H3/t10-,11+,12-/m0/s1. The summed E-state index contributed by atoms with van der Waals surface area (Å²) in [5, 5.41) is 10.3. The Labute approximate surface area is 96.3 Å². The zero-order valence-electron chi connectivity index (χ0n) is 11.3. The lowest BCUT2D eigenvalue weighted by atomic mass is 9.71. The normalized spacial score (nSPS) is 34.2. The Morgan fingerprint density at radius 3 is 1.93 bits per heavy atom. The van der Waals surface area contributed by atoms with Crippen LogP contribution in [0, 0.1) is 11.3 Å². The summed E-state index contributed by atoms with van der Waals surface area (Å²) in [6.07, 6.45) is 3.56. The lowest BCUT2D eigenvalue weighted by Crippen LogP contribution is -2.42. The summed E-state index contributed by atoms with van der Waals surface area (Å²) < 4.78 is 0. The average Bonchev–Trinajstić information content (AvgIpc) is 1.99. The molecule has 1 fully saturated rings. The van der Waals surface area contributed by atoms with Crippen molar-refractivity contribution in [1.29, 1.82) is 0 Å². The predicted octanol–water partition coefficient (Wildman–Crippen LogP) is 3.90. The van der Waals surface area contributed by atoms with Crippen molar-refractivity contribution in [1.82, 2.24) is 0 Å². The Balaban J connectivity index is 2.64. The molecule has 0 aromatic heterocycles. The molecule has 90 valence electrons. The predicted molar refractivity (Wildman–Crippen MR) is 69.9 cm³/mol. The number of hydrogen-bond acceptors (Lipinski definition) is 1. The van der Waals surface area contributed by atoms with Crippen LogP contribution in [0.4, 0.5) is 0 Å². The molecule has 0 radical (unpaired) electrons. The van der Waals surface area contributed by atoms with Crippen LogP contribution in [0.2, 0.25) is 25.2 Å². The van der Waals surface area contributed by atoms with Crippen molar-refractivity contribution >= 4 is 8.07 Å². The highest BCUT2D eigenvalue weighted by Gasteiger charge is 2.40. The van der Waals surface area contributed by atoms with Gasteiger partial charge in [-0.3, -0.25) is 0 Å². The Morgan fingerprint density at radius 1 is 1.07 bits per heavy atom. The number of rotatable bonds is 1. The Bertz CT molecular complexity index is 212. The van der Waals surface area contributed by atoms with Crippen LogP contribution in [0.25, 0.3) is 0 Å². The SMILES string of the molecule is CC(C)(C)[C@H]1CC[C@H]([Si](C)(C)C)[C@H](O)C1. The molecular formula is C13H28OSi. The van der Waals surface area contributed by atoms with E-state index in [0.29, 0.717) is 16.9 Å². The summed E-state index contributed by atoms with van der Waals surface area (Å²) >= 11 is 0. The second-order valence-corrected chi connectivity index (χ2v) is 12.9. The molecule has 1 aliphatic carbocycles. The molecule has 0 unspecified atom stereocenters. The molecule has 0 spiro atoms. The Hall–Kier alpha value is 0.177. The number of hydrogen-bond donors (Lipinski definition) is 1. The van der Waals surface area contributed by atoms with E-state index in [0.717, 1.165) is 6.42 Å². The summed E-state index contributed by atoms with van der Waals surface area (Å²) in [4.78, 5) is 0. The maximum atomic E-state index is 10.3. The first-order valence-electron chi connectivity index (χ1n) is 6.30. The Morgan fingerprint density at radius 2 is 1.60 bits per heavy atom. The quantitative estimate of drug-likeness (QED) is 0.675. The van der Waals surface area contributed by atoms with Crippen molar-refractivity contribution < 1.29 is 5.11 Å². The molecular weight excluding hydrogens is 200 g/mol. The minimum absolute atomic E-state index is 0.0327. The molecule has 0 aliphatic heterocycles. The van der Waals surface area contributed by atoms with E-state index >= 15 is 0 Å². The third kappa shape index (κ3) is 3.32. The summed E-state index contributed by atoms with van der Waals surface area (Å²) in [5.41, 5.74) is 0.988. The lowest BCUT2D eigenvalue weighted by Gasteiger charge is -2.43. The van der Waals surface area contributed by atoms with Gasteiger partial charge in [-0.25, -0.2) is 0 Å². The van der Waals surface area contributed by atoms with Gasteiger partial charge < -0.3 is 5.11 Å². The minimum atomic E-state index is -1.16. The number of aliphatic hydroxyl groups excluding tert-OH is 1. The molecule has 1 nitrogen and oxygen atoms in total. The van der Waals surface area contributed by atoms with Crippen LogP contribution in [0.15, 0.2) is 0 Å². The monoisotopic (exact) mass is 228 g/mol. The highest BCUT2D eigenvalue weighted by molar-refractivity contribution is 6.77. The van der Waals surface area contributed by atoms with E-state index in [9.17, 15) is 5.11 Å². The summed E-state index contributed by atoms with van der Waals surface area (Å²) in [6, 6.07) is 0. The zero-order valence-corrected chi connectivity index (χ0v) is 12.3. The van der Waals surface area contributed by atoms with Crippen LogP contribution < -0.4 is 0 Å². The summed E-state index contributed by atoms with van der Waals surface area (Å²) in [7, 11) is -1.16. The largest absolute Gasteiger partial charge is 0.393 e. The maximum Gasteiger partial charge on any atom is 0.0547 e. The van der Waals surface area contributed by atoms with Gasteiger partial charge >= 0.3 is 0 Å². The van der Waals surface area contributed by atoms with Gasteiger partial charge in [0.2, 0.25) is 0 Å². The minimum Gasteiger partial charge on any atom is -0.393 e. The second-order valence-electron chi connectivity index (χ2n) is 7.42. The molecule has 15 heavy (non-hydrogen) atoms. The van der Waals surface area contributed by atoms with E-state index < -0.39 is 8.07 Å². The number of aliphatic hydroxyl groups is 1. The van der Waals surface area contributed by atoms with Gasteiger partial charge in [-0.1, -0.05) is 46.8 Å². The van der Waals surface area contributed by atoms with Crippen LogP contribution in [-0.2, 0) is 0 Å². The van der Waals surface area contributed by atoms with Gasteiger partial charge in [0.05, 0.1) is 14.2 Å². The third-order valence-electron chi connectivity index (χ3n) is 4.15. The smallest absolute Gasteiger partial charge is 0.0547 e. The molecule has 0 heterocycles. The van der Waals surface area contributed by atoms with E-state index in [1.165, 1.54) is 12.8 Å². The van der Waals surface area contributed by atoms with Crippen molar-refractivity contribution in [3.05, 3.63) is 0 Å². The third-order valence-corrected chi connectivity index (χ3v) is 7.05. The molecule has 0 bridgehead atoms. The zero-order chi connectivity index (χ0) is 11.9. The van der Waals surface area contributed by atoms with Crippen molar-refractivity contribution in [2.75, 3.05) is 0 Å². The molecule has 0 saturated heterocycles. The molecule has 1 N–H and O–H groups in total. The molecule has 0 aromatic rings. The van der Waals surface area contributed by atoms with Crippen LogP contribution in [0.1, 0.15) is 40.0 Å². The first kappa shape index (κ1) is 13.2. The van der Waals surface area contributed by atoms with Crippen molar-refractivity contribution in [3.8, 4) is 0 Å². The maximum absolute atomic E-state index is 10.3. The van der Waals surface area contributed by atoms with Crippen LogP contribution in [0.5, 0.6) is 0 Å². The van der Waals surface area contributed by atoms with Crippen molar-refractivity contribution in [3.63, 3.8) is 0 Å². The molecule has 3 atom stereocenters. The molecule has 0 aromatic carbocycles. The fourth-order valence-electron chi connectivity index (χ4n) is 2.94. The van der Waals surface area contributed by atoms with E-state index in [-0.39, 0.29) is 6.10 Å². The molecule has 1 aliphatic rings. The highest BCUT2D eigenvalue weighted by Crippen LogP contribution is 2.45. The topological polar surface area (TPSA) is 20.2 Å². The van der Waals surface area contributed by atoms with Gasteiger partial charge in [-0.05, 0) is 29.7 Å². The van der Waals surface area contributed by atoms with Gasteiger partial charge in [0, 0.05) is 0 Å². The summed E-state index contributed by atoms with van der Waals surface area (Å²) in [6.45, 7) is 14.1. The van der Waals surface area contributed by atoms with E-state index in [1.807, 2.05) is 0 Å². The van der Waals surface area contributed by atoms with E-state index in [1.54, 1.807) is 0 Å². The first-order chi connectivity index (χ1) is 6.62. The van der Waals surface area contributed by atoms with Crippen molar-refractivity contribution in [2.45, 2.75) is 71.3 Å². The van der Waals surface area contributed by atoms with E-state index in [4.69, 9.17) is 0 Å². The van der Waals surface area contributed by atoms with E-state index in [2.05, 4.69) is 40.4 Å². The van der Waals surface area contributed by atoms with Gasteiger partial charge in [-0.2, -0.15) is 0 Å².